The Labute approximate surface area is 133 Å². The highest BCUT2D eigenvalue weighted by molar-refractivity contribution is 8.93. The van der Waals surface area contributed by atoms with Gasteiger partial charge in [-0.2, -0.15) is 0 Å². The molecule has 19 heavy (non-hydrogen) atoms. The van der Waals surface area contributed by atoms with Crippen molar-refractivity contribution < 1.29 is 0 Å². The van der Waals surface area contributed by atoms with Crippen LogP contribution in [0.25, 0.3) is 0 Å². The fraction of sp³-hybridized carbons (Fsp3) is 1.00. The van der Waals surface area contributed by atoms with Gasteiger partial charge >= 0.3 is 0 Å². The molecule has 118 valence electrons. The van der Waals surface area contributed by atoms with Crippen LogP contribution in [-0.4, -0.2) is 0 Å². The van der Waals surface area contributed by atoms with Crippen molar-refractivity contribution in [3.05, 3.63) is 0 Å². The van der Waals surface area contributed by atoms with Crippen molar-refractivity contribution in [3.8, 4) is 0 Å². The van der Waals surface area contributed by atoms with Gasteiger partial charge in [-0.1, -0.05) is 117 Å². The van der Waals surface area contributed by atoms with Gasteiger partial charge in [-0.25, -0.2) is 0 Å². The monoisotopic (exact) mass is 334 g/mol. The molecule has 0 saturated carbocycles. The third kappa shape index (κ3) is 20.9. The molecule has 0 aromatic carbocycles. The van der Waals surface area contributed by atoms with Crippen LogP contribution in [0.4, 0.5) is 0 Å². The summed E-state index contributed by atoms with van der Waals surface area (Å²) in [6, 6.07) is 0. The van der Waals surface area contributed by atoms with Gasteiger partial charge in [0, 0.05) is 0 Å². The first-order valence-corrected chi connectivity index (χ1v) is 8.91. The maximum Gasteiger partial charge on any atom is -0.0533 e. The number of halogens is 1. The minimum Gasteiger partial charge on any atom is -0.114 e. The van der Waals surface area contributed by atoms with E-state index in [9.17, 15) is 0 Å². The molecule has 0 bridgehead atoms. The smallest absolute Gasteiger partial charge is 0.0533 e. The first-order valence-electron chi connectivity index (χ1n) is 8.91. The van der Waals surface area contributed by atoms with Crippen molar-refractivity contribution in [3.63, 3.8) is 0 Å². The SMILES string of the molecule is Br.CCCCCCCCCCCCCCCCCC. The molecule has 0 aliphatic heterocycles. The number of hydrogen-bond donors (Lipinski definition) is 0. The van der Waals surface area contributed by atoms with Crippen molar-refractivity contribution in [2.45, 2.75) is 117 Å². The molecule has 0 amide bonds. The highest BCUT2D eigenvalue weighted by Gasteiger charge is 1.93. The van der Waals surface area contributed by atoms with Gasteiger partial charge in [-0.3, -0.25) is 0 Å². The van der Waals surface area contributed by atoms with Gasteiger partial charge in [0.05, 0.1) is 0 Å². The molecule has 0 aromatic rings. The molecule has 0 aliphatic carbocycles. The van der Waals surface area contributed by atoms with Gasteiger partial charge in [0.2, 0.25) is 0 Å². The second-order valence-electron chi connectivity index (χ2n) is 5.95. The molecule has 1 heteroatoms. The van der Waals surface area contributed by atoms with Gasteiger partial charge < -0.3 is 0 Å². The van der Waals surface area contributed by atoms with Crippen LogP contribution in [0, 0.1) is 0 Å². The summed E-state index contributed by atoms with van der Waals surface area (Å²) < 4.78 is 0. The lowest BCUT2D eigenvalue weighted by atomic mass is 10.0. The summed E-state index contributed by atoms with van der Waals surface area (Å²) in [5.41, 5.74) is 0. The summed E-state index contributed by atoms with van der Waals surface area (Å²) >= 11 is 0. The van der Waals surface area contributed by atoms with Crippen molar-refractivity contribution in [2.24, 2.45) is 0 Å². The maximum atomic E-state index is 2.29. The molecule has 0 nitrogen and oxygen atoms in total. The van der Waals surface area contributed by atoms with E-state index in [0.717, 1.165) is 0 Å². The predicted molar refractivity (Wildman–Crippen MR) is 95.5 cm³/mol. The molecule has 0 atom stereocenters. The fourth-order valence-electron chi connectivity index (χ4n) is 2.62. The standard InChI is InChI=1S/C18H38.BrH/c1-3-5-7-9-11-13-15-17-18-16-14-12-10-8-6-4-2;/h3-18H2,1-2H3;1H. The highest BCUT2D eigenvalue weighted by atomic mass is 79.9. The van der Waals surface area contributed by atoms with Gasteiger partial charge in [-0.05, 0) is 0 Å². The Balaban J connectivity index is 0. The van der Waals surface area contributed by atoms with E-state index in [1.54, 1.807) is 0 Å². The second-order valence-corrected chi connectivity index (χ2v) is 5.95. The van der Waals surface area contributed by atoms with E-state index in [4.69, 9.17) is 0 Å². The third-order valence-corrected chi connectivity index (χ3v) is 3.96. The molecule has 0 aliphatic rings. The zero-order chi connectivity index (χ0) is 13.3. The Kier molecular flexibility index (Phi) is 23.8. The Morgan fingerprint density at radius 1 is 0.316 bits per heavy atom. The van der Waals surface area contributed by atoms with Crippen LogP contribution in [0.1, 0.15) is 117 Å². The second kappa shape index (κ2) is 20.8. The number of rotatable bonds is 15. The van der Waals surface area contributed by atoms with Crippen LogP contribution in [0.2, 0.25) is 0 Å². The zero-order valence-electron chi connectivity index (χ0n) is 13.7. The Hall–Kier alpha value is 0.480. The first kappa shape index (κ1) is 21.8. The van der Waals surface area contributed by atoms with E-state index < -0.39 is 0 Å². The summed E-state index contributed by atoms with van der Waals surface area (Å²) in [7, 11) is 0. The van der Waals surface area contributed by atoms with E-state index in [-0.39, 0.29) is 17.0 Å². The van der Waals surface area contributed by atoms with E-state index in [2.05, 4.69) is 13.8 Å². The van der Waals surface area contributed by atoms with Gasteiger partial charge in [0.15, 0.2) is 0 Å². The van der Waals surface area contributed by atoms with Crippen molar-refractivity contribution >= 4 is 17.0 Å². The van der Waals surface area contributed by atoms with Gasteiger partial charge in [-0.15, -0.1) is 17.0 Å². The Bertz CT molecular complexity index is 118. The highest BCUT2D eigenvalue weighted by Crippen LogP contribution is 2.13. The van der Waals surface area contributed by atoms with Crippen LogP contribution in [0.3, 0.4) is 0 Å². The minimum atomic E-state index is 0. The van der Waals surface area contributed by atoms with E-state index >= 15 is 0 Å². The first-order chi connectivity index (χ1) is 8.91. The molecule has 0 radical (unpaired) electrons. The normalized spacial score (nSPS) is 10.4. The lowest BCUT2D eigenvalue weighted by molar-refractivity contribution is 0.531. The maximum absolute atomic E-state index is 2.29. The molecule has 0 N–H and O–H groups in total. The number of hydrogen-bond acceptors (Lipinski definition) is 0. The molecule has 0 rings (SSSR count). The van der Waals surface area contributed by atoms with E-state index in [1.807, 2.05) is 0 Å². The molecular formula is C18H39Br. The number of unbranched alkanes of at least 4 members (excludes halogenated alkanes) is 15. The molecule has 0 heterocycles. The third-order valence-electron chi connectivity index (χ3n) is 3.96. The van der Waals surface area contributed by atoms with Gasteiger partial charge in [0.25, 0.3) is 0 Å². The van der Waals surface area contributed by atoms with E-state index in [1.165, 1.54) is 103 Å². The molecule has 0 aromatic heterocycles. The summed E-state index contributed by atoms with van der Waals surface area (Å²) in [6.07, 6.45) is 23.4. The van der Waals surface area contributed by atoms with Crippen LogP contribution >= 0.6 is 17.0 Å². The van der Waals surface area contributed by atoms with Gasteiger partial charge in [0.1, 0.15) is 0 Å². The molecule has 0 spiro atoms. The summed E-state index contributed by atoms with van der Waals surface area (Å²) in [4.78, 5) is 0. The summed E-state index contributed by atoms with van der Waals surface area (Å²) in [5, 5.41) is 0. The van der Waals surface area contributed by atoms with Crippen LogP contribution in [0.5, 0.6) is 0 Å². The summed E-state index contributed by atoms with van der Waals surface area (Å²) in [5.74, 6) is 0. The topological polar surface area (TPSA) is 0 Å². The predicted octanol–water partition coefficient (Wildman–Crippen LogP) is 7.85. The average molecular weight is 335 g/mol. The molecule has 0 fully saturated rings. The van der Waals surface area contributed by atoms with Crippen molar-refractivity contribution in [1.29, 1.82) is 0 Å². The molecule has 0 unspecified atom stereocenters. The lowest BCUT2D eigenvalue weighted by Gasteiger charge is -2.03. The van der Waals surface area contributed by atoms with Crippen LogP contribution < -0.4 is 0 Å². The van der Waals surface area contributed by atoms with Crippen molar-refractivity contribution in [1.82, 2.24) is 0 Å². The molecule has 0 saturated heterocycles. The fourth-order valence-corrected chi connectivity index (χ4v) is 2.62. The minimum absolute atomic E-state index is 0. The average Bonchev–Trinajstić information content (AvgIpc) is 2.39. The quantitative estimate of drug-likeness (QED) is 0.267. The Morgan fingerprint density at radius 3 is 0.632 bits per heavy atom. The van der Waals surface area contributed by atoms with Crippen LogP contribution in [0.15, 0.2) is 0 Å². The Morgan fingerprint density at radius 2 is 0.474 bits per heavy atom. The zero-order valence-corrected chi connectivity index (χ0v) is 15.4. The van der Waals surface area contributed by atoms with Crippen LogP contribution in [-0.2, 0) is 0 Å². The molecular weight excluding hydrogens is 296 g/mol. The largest absolute Gasteiger partial charge is 0.114 e. The van der Waals surface area contributed by atoms with Crippen molar-refractivity contribution in [2.75, 3.05) is 0 Å². The lowest BCUT2D eigenvalue weighted by Crippen LogP contribution is -1.83. The summed E-state index contributed by atoms with van der Waals surface area (Å²) in [6.45, 7) is 4.59. The van der Waals surface area contributed by atoms with E-state index in [0.29, 0.717) is 0 Å².